The first kappa shape index (κ1) is 18.2. The highest BCUT2D eigenvalue weighted by Crippen LogP contribution is 2.31. The molecule has 3 heterocycles. The number of aromatic nitrogens is 3. The van der Waals surface area contributed by atoms with E-state index in [4.69, 9.17) is 7.48 Å². The van der Waals surface area contributed by atoms with Gasteiger partial charge in [-0.15, -0.1) is 0 Å². The molecule has 0 amide bonds. The Kier molecular flexibility index (Phi) is 4.67. The number of nitrogens with zero attached hydrogens (tertiary/aromatic N) is 4. The molecule has 5 rings (SSSR count). The second-order valence-electron chi connectivity index (χ2n) is 8.25. The fraction of sp³-hybridized carbons (Fsp3) is 0.280. The molecule has 1 N–H and O–H groups in total. The lowest BCUT2D eigenvalue weighted by molar-refractivity contribution is 0.356. The first-order chi connectivity index (χ1) is 16.2. The smallest absolute Gasteiger partial charge is 0.208 e. The van der Waals surface area contributed by atoms with Gasteiger partial charge in [0.15, 0.2) is 0 Å². The summed E-state index contributed by atoms with van der Waals surface area (Å²) in [5, 5.41) is 2.81. The van der Waals surface area contributed by atoms with Gasteiger partial charge in [0, 0.05) is 48.5 Å². The van der Waals surface area contributed by atoms with Crippen molar-refractivity contribution in [3.63, 3.8) is 0 Å². The quantitative estimate of drug-likeness (QED) is 0.487. The van der Waals surface area contributed by atoms with Crippen LogP contribution in [0, 0.1) is 12.7 Å². The van der Waals surface area contributed by atoms with Crippen molar-refractivity contribution < 1.29 is 11.9 Å². The third-order valence-corrected chi connectivity index (χ3v) is 5.50. The number of anilines is 1. The van der Waals surface area contributed by atoms with E-state index < -0.39 is 12.3 Å². The lowest BCUT2D eigenvalue weighted by atomic mass is 10.0. The predicted octanol–water partition coefficient (Wildman–Crippen LogP) is 4.45. The number of fused-ring (bicyclic) bond motifs is 2. The molecule has 0 bridgehead atoms. The van der Waals surface area contributed by atoms with E-state index in [0.717, 1.165) is 23.4 Å². The standard InChI is InChI=1S/C25H26FN5O/c1-16-14-31-24(29-16)20(18-6-4-17(5-7-18)15-30(2)3)12-27-25(31)28-13-21-19-10-11-32-23(19)9-8-22(21)26/h4-9,12,14H,10-11,13,15H2,1-3H3,(H,27,28)/i13D2. The van der Waals surface area contributed by atoms with E-state index in [1.807, 2.05) is 33.2 Å². The second kappa shape index (κ2) is 8.24. The van der Waals surface area contributed by atoms with Crippen molar-refractivity contribution in [2.24, 2.45) is 0 Å². The van der Waals surface area contributed by atoms with Crippen LogP contribution < -0.4 is 10.1 Å². The Morgan fingerprint density at radius 1 is 1.22 bits per heavy atom. The molecule has 6 nitrogen and oxygen atoms in total. The topological polar surface area (TPSA) is 54.7 Å². The Labute approximate surface area is 189 Å². The fourth-order valence-corrected chi connectivity index (χ4v) is 4.05. The summed E-state index contributed by atoms with van der Waals surface area (Å²) in [6, 6.07) is 11.0. The van der Waals surface area contributed by atoms with Gasteiger partial charge in [0.2, 0.25) is 5.95 Å². The van der Waals surface area contributed by atoms with Crippen LogP contribution in [0.15, 0.2) is 48.8 Å². The van der Waals surface area contributed by atoms with Crippen LogP contribution in [-0.4, -0.2) is 40.0 Å². The third kappa shape index (κ3) is 3.80. The van der Waals surface area contributed by atoms with Gasteiger partial charge < -0.3 is 15.0 Å². The fourth-order valence-electron chi connectivity index (χ4n) is 4.05. The van der Waals surface area contributed by atoms with E-state index in [9.17, 15) is 4.39 Å². The van der Waals surface area contributed by atoms with Gasteiger partial charge in [-0.25, -0.2) is 14.4 Å². The molecule has 0 fully saturated rings. The van der Waals surface area contributed by atoms with Crippen molar-refractivity contribution >= 4 is 11.6 Å². The first-order valence-electron chi connectivity index (χ1n) is 11.5. The molecule has 0 saturated carbocycles. The van der Waals surface area contributed by atoms with Crippen molar-refractivity contribution in [1.82, 2.24) is 19.3 Å². The number of hydrogen-bond donors (Lipinski definition) is 1. The van der Waals surface area contributed by atoms with Gasteiger partial charge >= 0.3 is 0 Å². The molecule has 2 aromatic carbocycles. The minimum atomic E-state index is -2.21. The van der Waals surface area contributed by atoms with Crippen LogP contribution in [0.25, 0.3) is 16.8 Å². The van der Waals surface area contributed by atoms with Gasteiger partial charge in [-0.05, 0) is 44.3 Å². The Bertz CT molecular complexity index is 1370. The Morgan fingerprint density at radius 2 is 2.03 bits per heavy atom. The average Bonchev–Trinajstić information content (AvgIpc) is 3.40. The Morgan fingerprint density at radius 3 is 2.81 bits per heavy atom. The molecule has 1 aliphatic rings. The summed E-state index contributed by atoms with van der Waals surface area (Å²) in [4.78, 5) is 11.3. The highest BCUT2D eigenvalue weighted by atomic mass is 19.1. The number of rotatable bonds is 6. The summed E-state index contributed by atoms with van der Waals surface area (Å²) >= 11 is 0. The van der Waals surface area contributed by atoms with Crippen LogP contribution in [0.3, 0.4) is 0 Å². The van der Waals surface area contributed by atoms with Crippen molar-refractivity contribution in [2.75, 3.05) is 26.0 Å². The molecule has 7 heteroatoms. The van der Waals surface area contributed by atoms with Crippen LogP contribution in [0.2, 0.25) is 0 Å². The Balaban J connectivity index is 1.53. The van der Waals surface area contributed by atoms with Crippen LogP contribution in [-0.2, 0) is 19.5 Å². The number of nitrogens with one attached hydrogen (secondary N) is 1. The zero-order chi connectivity index (χ0) is 24.0. The number of imidazole rings is 1. The zero-order valence-corrected chi connectivity index (χ0v) is 18.3. The molecule has 0 aliphatic carbocycles. The Hall–Kier alpha value is -3.45. The molecule has 32 heavy (non-hydrogen) atoms. The zero-order valence-electron chi connectivity index (χ0n) is 20.3. The molecule has 0 radical (unpaired) electrons. The summed E-state index contributed by atoms with van der Waals surface area (Å²) < 4.78 is 39.4. The van der Waals surface area contributed by atoms with Crippen molar-refractivity contribution in [1.29, 1.82) is 0 Å². The summed E-state index contributed by atoms with van der Waals surface area (Å²) in [5.41, 5.74) is 4.90. The molecule has 2 aromatic heterocycles. The van der Waals surface area contributed by atoms with Crippen LogP contribution in [0.5, 0.6) is 5.75 Å². The maximum Gasteiger partial charge on any atom is 0.208 e. The van der Waals surface area contributed by atoms with Gasteiger partial charge in [0.1, 0.15) is 17.2 Å². The lowest BCUT2D eigenvalue weighted by Crippen LogP contribution is -2.10. The van der Waals surface area contributed by atoms with Crippen LogP contribution in [0.1, 0.15) is 25.1 Å². The van der Waals surface area contributed by atoms with E-state index >= 15 is 0 Å². The van der Waals surface area contributed by atoms with Crippen molar-refractivity contribution in [3.8, 4) is 16.9 Å². The number of benzene rings is 2. The van der Waals surface area contributed by atoms with Gasteiger partial charge in [-0.1, -0.05) is 24.3 Å². The second-order valence-corrected chi connectivity index (χ2v) is 8.25. The monoisotopic (exact) mass is 433 g/mol. The number of hydrogen-bond acceptors (Lipinski definition) is 5. The summed E-state index contributed by atoms with van der Waals surface area (Å²) in [6.07, 6.45) is 3.93. The molecule has 4 aromatic rings. The van der Waals surface area contributed by atoms with Crippen molar-refractivity contribution in [3.05, 3.63) is 77.0 Å². The molecule has 1 aliphatic heterocycles. The maximum atomic E-state index is 14.8. The van der Waals surface area contributed by atoms with Gasteiger partial charge in [-0.2, -0.15) is 0 Å². The van der Waals surface area contributed by atoms with Crippen LogP contribution >= 0.6 is 0 Å². The number of ether oxygens (including phenoxy) is 1. The largest absolute Gasteiger partial charge is 0.493 e. The van der Waals surface area contributed by atoms with Gasteiger partial charge in [-0.3, -0.25) is 4.40 Å². The minimum absolute atomic E-state index is 0.0464. The van der Waals surface area contributed by atoms with Gasteiger partial charge in [0.25, 0.3) is 0 Å². The first-order valence-corrected chi connectivity index (χ1v) is 10.5. The summed E-state index contributed by atoms with van der Waals surface area (Å²) in [5.74, 6) is 0.144. The maximum absolute atomic E-state index is 14.8. The third-order valence-electron chi connectivity index (χ3n) is 5.50. The number of halogens is 1. The molecule has 164 valence electrons. The molecular formula is C25H26FN5O. The molecule has 0 unspecified atom stereocenters. The van der Waals surface area contributed by atoms with Crippen molar-refractivity contribution in [2.45, 2.75) is 26.4 Å². The average molecular weight is 434 g/mol. The highest BCUT2D eigenvalue weighted by molar-refractivity contribution is 5.78. The minimum Gasteiger partial charge on any atom is -0.493 e. The molecule has 0 saturated heterocycles. The van der Waals surface area contributed by atoms with E-state index in [1.165, 1.54) is 11.6 Å². The lowest BCUT2D eigenvalue weighted by Gasteiger charge is -2.13. The van der Waals surface area contributed by atoms with Gasteiger partial charge in [0.05, 0.1) is 15.0 Å². The van der Waals surface area contributed by atoms with E-state index in [1.54, 1.807) is 22.9 Å². The van der Waals surface area contributed by atoms with Crippen LogP contribution in [0.4, 0.5) is 10.3 Å². The van der Waals surface area contributed by atoms with E-state index in [0.29, 0.717) is 30.0 Å². The molecular weight excluding hydrogens is 405 g/mol. The number of aryl methyl sites for hydroxylation is 1. The predicted molar refractivity (Wildman–Crippen MR) is 123 cm³/mol. The van der Waals surface area contributed by atoms with E-state index in [-0.39, 0.29) is 11.5 Å². The SMILES string of the molecule is [2H]C([2H])(Nc1ncc(-c2ccc(CN(C)C)cc2)c2nc(C)cn12)c1c(F)ccc2c1CCO2. The van der Waals surface area contributed by atoms with E-state index in [2.05, 4.69) is 32.3 Å². The normalized spacial score (nSPS) is 14.3. The highest BCUT2D eigenvalue weighted by Gasteiger charge is 2.20. The summed E-state index contributed by atoms with van der Waals surface area (Å²) in [7, 11) is 4.06. The molecule has 0 spiro atoms. The summed E-state index contributed by atoms with van der Waals surface area (Å²) in [6.45, 7) is 0.916. The molecule has 0 atom stereocenters.